The van der Waals surface area contributed by atoms with Gasteiger partial charge in [-0.2, -0.15) is 13.2 Å². The molecular weight excluding hydrogens is 481 g/mol. The number of fused-ring (bicyclic) bond motifs is 1. The highest BCUT2D eigenvalue weighted by Crippen LogP contribution is 2.35. The normalized spacial score (nSPS) is 14.9. The zero-order chi connectivity index (χ0) is 24.6. The monoisotopic (exact) mass is 500 g/mol. The number of nitrogens with zero attached hydrogens (tertiary/aromatic N) is 7. The molecule has 4 aromatic rings. The van der Waals surface area contributed by atoms with Crippen molar-refractivity contribution in [1.29, 1.82) is 0 Å². The van der Waals surface area contributed by atoms with E-state index < -0.39 is 17.1 Å². The number of aromatic nitrogens is 5. The molecule has 0 radical (unpaired) electrons. The van der Waals surface area contributed by atoms with Crippen LogP contribution in [0.4, 0.5) is 24.9 Å². The number of likely N-dealkylation sites (N-methyl/N-ethyl adjacent to an activating group) is 1. The summed E-state index contributed by atoms with van der Waals surface area (Å²) in [6, 6.07) is 8.39. The molecule has 0 saturated carbocycles. The highest BCUT2D eigenvalue weighted by Gasteiger charge is 2.35. The van der Waals surface area contributed by atoms with E-state index in [0.29, 0.717) is 33.4 Å². The molecule has 0 spiro atoms. The summed E-state index contributed by atoms with van der Waals surface area (Å²) in [6.45, 7) is 3.65. The molecule has 180 valence electrons. The van der Waals surface area contributed by atoms with E-state index in [1.807, 2.05) is 6.07 Å². The molecule has 0 atom stereocenters. The maximum Gasteiger partial charge on any atom is 0.445 e. The lowest BCUT2D eigenvalue weighted by molar-refractivity contribution is -0.138. The van der Waals surface area contributed by atoms with Crippen molar-refractivity contribution in [1.82, 2.24) is 30.0 Å². The Morgan fingerprint density at radius 3 is 2.51 bits per heavy atom. The van der Waals surface area contributed by atoms with Crippen molar-refractivity contribution in [2.45, 2.75) is 6.18 Å². The van der Waals surface area contributed by atoms with E-state index >= 15 is 0 Å². The van der Waals surface area contributed by atoms with E-state index in [1.54, 1.807) is 24.3 Å². The molecule has 1 aromatic carbocycles. The van der Waals surface area contributed by atoms with E-state index in [0.717, 1.165) is 32.0 Å². The molecule has 4 heterocycles. The molecule has 0 aliphatic carbocycles. The number of pyridine rings is 1. The van der Waals surface area contributed by atoms with Crippen LogP contribution in [0.3, 0.4) is 0 Å². The fraction of sp³-hybridized carbons (Fsp3) is 0.273. The smallest absolute Gasteiger partial charge is 0.354 e. The summed E-state index contributed by atoms with van der Waals surface area (Å²) in [5, 5.41) is 9.26. The number of carbonyl (C=O) groups is 1. The third-order valence-corrected chi connectivity index (χ3v) is 6.58. The van der Waals surface area contributed by atoms with Crippen LogP contribution in [0, 0.1) is 0 Å². The SMILES string of the molecule is CN1CCN(c2ccc(C(=O)Nc3ncc4ccc(-c5nnc(C(F)(F)F)s5)cc4n3)cn2)CC1. The minimum Gasteiger partial charge on any atom is -0.354 e. The second-order valence-electron chi connectivity index (χ2n) is 8.03. The number of hydrogen-bond donors (Lipinski definition) is 1. The lowest BCUT2D eigenvalue weighted by Gasteiger charge is -2.33. The number of amides is 1. The van der Waals surface area contributed by atoms with E-state index in [-0.39, 0.29) is 11.0 Å². The molecule has 1 N–H and O–H groups in total. The van der Waals surface area contributed by atoms with E-state index in [1.165, 1.54) is 12.4 Å². The Kier molecular flexibility index (Phi) is 6.03. The first-order chi connectivity index (χ1) is 16.8. The number of halogens is 3. The van der Waals surface area contributed by atoms with Crippen molar-refractivity contribution >= 4 is 39.9 Å². The van der Waals surface area contributed by atoms with Gasteiger partial charge >= 0.3 is 6.18 Å². The topological polar surface area (TPSA) is 100 Å². The number of nitrogens with one attached hydrogen (secondary N) is 1. The summed E-state index contributed by atoms with van der Waals surface area (Å²) < 4.78 is 38.6. The molecule has 5 rings (SSSR count). The van der Waals surface area contributed by atoms with Crippen molar-refractivity contribution in [3.05, 3.63) is 53.3 Å². The van der Waals surface area contributed by atoms with Gasteiger partial charge in [0.2, 0.25) is 11.0 Å². The zero-order valence-corrected chi connectivity index (χ0v) is 19.3. The van der Waals surface area contributed by atoms with Crippen LogP contribution < -0.4 is 10.2 Å². The molecule has 1 saturated heterocycles. The molecule has 0 unspecified atom stereocenters. The minimum atomic E-state index is -4.55. The van der Waals surface area contributed by atoms with Gasteiger partial charge in [0.1, 0.15) is 10.8 Å². The third-order valence-electron chi connectivity index (χ3n) is 5.56. The summed E-state index contributed by atoms with van der Waals surface area (Å²) in [7, 11) is 2.08. The first kappa shape index (κ1) is 23.1. The largest absolute Gasteiger partial charge is 0.445 e. The molecule has 1 aliphatic heterocycles. The standard InChI is InChI=1S/C22H19F3N8OS/c1-32-6-8-33(9-7-32)17-5-4-15(12-26-17)18(34)29-21-27-11-14-3-2-13(10-16(14)28-21)19-30-31-20(35-19)22(23,24)25/h2-5,10-12H,6-9H2,1H3,(H,27,28,29,34). The summed E-state index contributed by atoms with van der Waals surface area (Å²) in [5.41, 5.74) is 1.24. The van der Waals surface area contributed by atoms with Gasteiger partial charge in [-0.15, -0.1) is 10.2 Å². The summed E-state index contributed by atoms with van der Waals surface area (Å²) >= 11 is 0.452. The predicted molar refractivity (Wildman–Crippen MR) is 125 cm³/mol. The highest BCUT2D eigenvalue weighted by molar-refractivity contribution is 7.14. The lowest BCUT2D eigenvalue weighted by atomic mass is 10.1. The molecule has 1 amide bonds. The Morgan fingerprint density at radius 1 is 1.03 bits per heavy atom. The average Bonchev–Trinajstić information content (AvgIpc) is 3.35. The van der Waals surface area contributed by atoms with Crippen LogP contribution in [0.5, 0.6) is 0 Å². The molecule has 13 heteroatoms. The van der Waals surface area contributed by atoms with Crippen molar-refractivity contribution < 1.29 is 18.0 Å². The highest BCUT2D eigenvalue weighted by atomic mass is 32.1. The maximum atomic E-state index is 12.9. The van der Waals surface area contributed by atoms with Gasteiger partial charge < -0.3 is 9.80 Å². The number of carbonyl (C=O) groups excluding carboxylic acids is 1. The van der Waals surface area contributed by atoms with Crippen LogP contribution in [0.25, 0.3) is 21.5 Å². The molecule has 9 nitrogen and oxygen atoms in total. The Morgan fingerprint density at radius 2 is 1.83 bits per heavy atom. The number of rotatable bonds is 4. The lowest BCUT2D eigenvalue weighted by Crippen LogP contribution is -2.44. The number of anilines is 2. The molecular formula is C22H19F3N8OS. The number of hydrogen-bond acceptors (Lipinski definition) is 9. The molecule has 1 fully saturated rings. The van der Waals surface area contributed by atoms with Gasteiger partial charge in [-0.3, -0.25) is 10.1 Å². The van der Waals surface area contributed by atoms with Gasteiger partial charge in [0.15, 0.2) is 0 Å². The van der Waals surface area contributed by atoms with Crippen molar-refractivity contribution in [3.63, 3.8) is 0 Å². The van der Waals surface area contributed by atoms with Crippen LogP contribution in [-0.2, 0) is 6.18 Å². The fourth-order valence-electron chi connectivity index (χ4n) is 3.59. The van der Waals surface area contributed by atoms with Gasteiger partial charge in [-0.05, 0) is 25.2 Å². The first-order valence-corrected chi connectivity index (χ1v) is 11.5. The number of alkyl halides is 3. The van der Waals surface area contributed by atoms with E-state index in [9.17, 15) is 18.0 Å². The Balaban J connectivity index is 1.31. The molecule has 1 aliphatic rings. The second-order valence-corrected chi connectivity index (χ2v) is 9.00. The van der Waals surface area contributed by atoms with Crippen LogP contribution in [-0.4, -0.2) is 69.2 Å². The minimum absolute atomic E-state index is 0.0658. The van der Waals surface area contributed by atoms with Gasteiger partial charge in [0, 0.05) is 49.5 Å². The van der Waals surface area contributed by atoms with Crippen molar-refractivity contribution in [3.8, 4) is 10.6 Å². The fourth-order valence-corrected chi connectivity index (χ4v) is 4.29. The Labute approximate surface area is 201 Å². The van der Waals surface area contributed by atoms with Crippen molar-refractivity contribution in [2.24, 2.45) is 0 Å². The van der Waals surface area contributed by atoms with Gasteiger partial charge in [-0.1, -0.05) is 23.5 Å². The van der Waals surface area contributed by atoms with Crippen LogP contribution in [0.1, 0.15) is 15.4 Å². The summed E-state index contributed by atoms with van der Waals surface area (Å²) in [4.78, 5) is 30.0. The first-order valence-electron chi connectivity index (χ1n) is 10.6. The summed E-state index contributed by atoms with van der Waals surface area (Å²) in [5.74, 6) is 0.461. The molecule has 35 heavy (non-hydrogen) atoms. The second kappa shape index (κ2) is 9.15. The predicted octanol–water partition coefficient (Wildman–Crippen LogP) is 3.57. The number of piperazine rings is 1. The Bertz CT molecular complexity index is 1370. The summed E-state index contributed by atoms with van der Waals surface area (Å²) in [6.07, 6.45) is -1.52. The van der Waals surface area contributed by atoms with Crippen LogP contribution in [0.2, 0.25) is 0 Å². The van der Waals surface area contributed by atoms with Crippen LogP contribution >= 0.6 is 11.3 Å². The molecule has 0 bridgehead atoms. The van der Waals surface area contributed by atoms with Crippen molar-refractivity contribution in [2.75, 3.05) is 43.4 Å². The quantitative estimate of drug-likeness (QED) is 0.454. The molecule has 3 aromatic heterocycles. The zero-order valence-electron chi connectivity index (χ0n) is 18.5. The van der Waals surface area contributed by atoms with Gasteiger partial charge in [-0.25, -0.2) is 15.0 Å². The third kappa shape index (κ3) is 5.05. The van der Waals surface area contributed by atoms with Gasteiger partial charge in [0.05, 0.1) is 11.1 Å². The van der Waals surface area contributed by atoms with Gasteiger partial charge in [0.25, 0.3) is 5.91 Å². The Hall–Kier alpha value is -3.71. The van der Waals surface area contributed by atoms with E-state index in [2.05, 4.69) is 47.3 Å². The van der Waals surface area contributed by atoms with Crippen LogP contribution in [0.15, 0.2) is 42.7 Å². The average molecular weight is 501 g/mol. The number of benzene rings is 1. The van der Waals surface area contributed by atoms with E-state index in [4.69, 9.17) is 0 Å². The maximum absolute atomic E-state index is 12.9.